The predicted octanol–water partition coefficient (Wildman–Crippen LogP) is 0.682. The molecule has 0 radical (unpaired) electrons. The zero-order valence-electron chi connectivity index (χ0n) is 11.5. The number of nitrogens with one attached hydrogen (secondary N) is 2. The van der Waals surface area contributed by atoms with Crippen LogP contribution in [0.25, 0.3) is 0 Å². The number of carbonyl (C=O) groups excluding carboxylic acids is 1. The lowest BCUT2D eigenvalue weighted by Gasteiger charge is -2.47. The van der Waals surface area contributed by atoms with Gasteiger partial charge in [-0.25, -0.2) is 0 Å². The lowest BCUT2D eigenvalue weighted by molar-refractivity contribution is -0.122. The Balaban J connectivity index is 1.70. The summed E-state index contributed by atoms with van der Waals surface area (Å²) in [5.41, 5.74) is 0.227. The minimum Gasteiger partial charge on any atom is -0.354 e. The van der Waals surface area contributed by atoms with Gasteiger partial charge in [0.15, 0.2) is 0 Å². The topological polar surface area (TPSA) is 44.4 Å². The van der Waals surface area contributed by atoms with E-state index in [2.05, 4.69) is 29.6 Å². The van der Waals surface area contributed by atoms with Gasteiger partial charge in [-0.2, -0.15) is 11.8 Å². The molecule has 2 rings (SSSR count). The molecule has 2 aliphatic rings. The SMILES string of the molecule is CN(C)C1(CNC(=O)CC2CSCCN2)CCC1. The van der Waals surface area contributed by atoms with Gasteiger partial charge in [0.1, 0.15) is 0 Å². The Morgan fingerprint density at radius 2 is 2.28 bits per heavy atom. The van der Waals surface area contributed by atoms with Crippen LogP contribution in [0.2, 0.25) is 0 Å². The summed E-state index contributed by atoms with van der Waals surface area (Å²) >= 11 is 1.94. The molecule has 1 aliphatic heterocycles. The number of thioether (sulfide) groups is 1. The Hall–Kier alpha value is -0.260. The van der Waals surface area contributed by atoms with Crippen molar-refractivity contribution in [2.75, 3.05) is 38.7 Å². The summed E-state index contributed by atoms with van der Waals surface area (Å²) in [5, 5.41) is 6.53. The summed E-state index contributed by atoms with van der Waals surface area (Å²) < 4.78 is 0. The molecule has 104 valence electrons. The predicted molar refractivity (Wildman–Crippen MR) is 77.0 cm³/mol. The average Bonchev–Trinajstić information content (AvgIpc) is 2.28. The van der Waals surface area contributed by atoms with Crippen LogP contribution in [0.1, 0.15) is 25.7 Å². The standard InChI is InChI=1S/C13H25N3OS/c1-16(2)13(4-3-5-13)10-15-12(17)8-11-9-18-7-6-14-11/h11,14H,3-10H2,1-2H3,(H,15,17). The molecule has 0 bridgehead atoms. The number of likely N-dealkylation sites (N-methyl/N-ethyl adjacent to an activating group) is 1. The van der Waals surface area contributed by atoms with E-state index in [1.807, 2.05) is 11.8 Å². The molecule has 4 nitrogen and oxygen atoms in total. The zero-order chi connectivity index (χ0) is 13.0. The van der Waals surface area contributed by atoms with E-state index in [1.54, 1.807) is 0 Å². The summed E-state index contributed by atoms with van der Waals surface area (Å²) in [6.07, 6.45) is 4.32. The third-order valence-electron chi connectivity index (χ3n) is 4.28. The molecule has 1 amide bonds. The Morgan fingerprint density at radius 1 is 1.50 bits per heavy atom. The van der Waals surface area contributed by atoms with Crippen LogP contribution in [0.3, 0.4) is 0 Å². The third-order valence-corrected chi connectivity index (χ3v) is 5.41. The van der Waals surface area contributed by atoms with Crippen molar-refractivity contribution >= 4 is 17.7 Å². The van der Waals surface area contributed by atoms with E-state index in [4.69, 9.17) is 0 Å². The monoisotopic (exact) mass is 271 g/mol. The van der Waals surface area contributed by atoms with Crippen LogP contribution in [-0.2, 0) is 4.79 Å². The second-order valence-electron chi connectivity index (χ2n) is 5.68. The van der Waals surface area contributed by atoms with Gasteiger partial charge in [-0.3, -0.25) is 4.79 Å². The molecule has 0 spiro atoms. The number of rotatable bonds is 5. The van der Waals surface area contributed by atoms with Gasteiger partial charge in [0.25, 0.3) is 0 Å². The number of nitrogens with zero attached hydrogens (tertiary/aromatic N) is 1. The lowest BCUT2D eigenvalue weighted by atomic mass is 9.75. The van der Waals surface area contributed by atoms with E-state index in [0.29, 0.717) is 12.5 Å². The molecule has 1 aliphatic carbocycles. The highest BCUT2D eigenvalue weighted by Gasteiger charge is 2.39. The second-order valence-corrected chi connectivity index (χ2v) is 6.83. The summed E-state index contributed by atoms with van der Waals surface area (Å²) in [6.45, 7) is 1.84. The summed E-state index contributed by atoms with van der Waals surface area (Å²) in [4.78, 5) is 14.2. The first-order valence-corrected chi connectivity index (χ1v) is 8.03. The molecular weight excluding hydrogens is 246 g/mol. The Bertz CT molecular complexity index is 286. The maximum atomic E-state index is 11.9. The molecule has 0 aromatic carbocycles. The number of hydrogen-bond donors (Lipinski definition) is 2. The molecule has 1 saturated heterocycles. The zero-order valence-corrected chi connectivity index (χ0v) is 12.3. The summed E-state index contributed by atoms with van der Waals surface area (Å²) in [5.74, 6) is 2.43. The Kier molecular flexibility index (Phi) is 4.92. The van der Waals surface area contributed by atoms with Gasteiger partial charge < -0.3 is 15.5 Å². The number of carbonyl (C=O) groups is 1. The average molecular weight is 271 g/mol. The van der Waals surface area contributed by atoms with Crippen LogP contribution in [0, 0.1) is 0 Å². The molecule has 2 N–H and O–H groups in total. The third kappa shape index (κ3) is 3.39. The van der Waals surface area contributed by atoms with Gasteiger partial charge in [0, 0.05) is 42.6 Å². The number of hydrogen-bond acceptors (Lipinski definition) is 4. The van der Waals surface area contributed by atoms with Gasteiger partial charge in [0.05, 0.1) is 0 Å². The highest BCUT2D eigenvalue weighted by molar-refractivity contribution is 7.99. The van der Waals surface area contributed by atoms with E-state index < -0.39 is 0 Å². The van der Waals surface area contributed by atoms with Crippen molar-refractivity contribution in [2.45, 2.75) is 37.3 Å². The maximum absolute atomic E-state index is 11.9. The molecule has 18 heavy (non-hydrogen) atoms. The Morgan fingerprint density at radius 3 is 2.78 bits per heavy atom. The second kappa shape index (κ2) is 6.26. The van der Waals surface area contributed by atoms with Crippen molar-refractivity contribution in [3.63, 3.8) is 0 Å². The minimum atomic E-state index is 0.197. The van der Waals surface area contributed by atoms with Crippen molar-refractivity contribution in [1.29, 1.82) is 0 Å². The molecule has 1 atom stereocenters. The van der Waals surface area contributed by atoms with Crippen LogP contribution in [0.4, 0.5) is 0 Å². The molecule has 2 fully saturated rings. The van der Waals surface area contributed by atoms with E-state index >= 15 is 0 Å². The fourth-order valence-electron chi connectivity index (χ4n) is 2.68. The Labute approximate surface area is 114 Å². The first-order valence-electron chi connectivity index (χ1n) is 6.88. The number of amides is 1. The van der Waals surface area contributed by atoms with E-state index in [0.717, 1.165) is 18.8 Å². The van der Waals surface area contributed by atoms with Gasteiger partial charge in [-0.05, 0) is 33.4 Å². The van der Waals surface area contributed by atoms with E-state index in [-0.39, 0.29) is 11.4 Å². The van der Waals surface area contributed by atoms with Gasteiger partial charge in [-0.15, -0.1) is 0 Å². The highest BCUT2D eigenvalue weighted by atomic mass is 32.2. The molecule has 5 heteroatoms. The molecule has 1 heterocycles. The van der Waals surface area contributed by atoms with E-state index in [1.165, 1.54) is 25.0 Å². The lowest BCUT2D eigenvalue weighted by Crippen LogP contribution is -2.57. The van der Waals surface area contributed by atoms with Crippen molar-refractivity contribution in [2.24, 2.45) is 0 Å². The largest absolute Gasteiger partial charge is 0.354 e. The normalized spacial score (nSPS) is 26.7. The highest BCUT2D eigenvalue weighted by Crippen LogP contribution is 2.35. The van der Waals surface area contributed by atoms with Crippen molar-refractivity contribution in [3.8, 4) is 0 Å². The van der Waals surface area contributed by atoms with E-state index in [9.17, 15) is 4.79 Å². The van der Waals surface area contributed by atoms with Crippen LogP contribution >= 0.6 is 11.8 Å². The summed E-state index contributed by atoms with van der Waals surface area (Å²) in [6, 6.07) is 0.362. The smallest absolute Gasteiger partial charge is 0.221 e. The van der Waals surface area contributed by atoms with Crippen LogP contribution in [-0.4, -0.2) is 61.1 Å². The quantitative estimate of drug-likeness (QED) is 0.772. The van der Waals surface area contributed by atoms with Crippen molar-refractivity contribution in [1.82, 2.24) is 15.5 Å². The molecular formula is C13H25N3OS. The van der Waals surface area contributed by atoms with Gasteiger partial charge >= 0.3 is 0 Å². The fraction of sp³-hybridized carbons (Fsp3) is 0.923. The van der Waals surface area contributed by atoms with Crippen LogP contribution in [0.15, 0.2) is 0 Å². The maximum Gasteiger partial charge on any atom is 0.221 e. The summed E-state index contributed by atoms with van der Waals surface area (Å²) in [7, 11) is 4.23. The molecule has 1 saturated carbocycles. The molecule has 1 unspecified atom stereocenters. The first-order chi connectivity index (χ1) is 8.62. The van der Waals surface area contributed by atoms with Crippen LogP contribution in [0.5, 0.6) is 0 Å². The minimum absolute atomic E-state index is 0.197. The molecule has 0 aromatic rings. The van der Waals surface area contributed by atoms with Gasteiger partial charge in [0.2, 0.25) is 5.91 Å². The van der Waals surface area contributed by atoms with Crippen molar-refractivity contribution in [3.05, 3.63) is 0 Å². The van der Waals surface area contributed by atoms with Crippen molar-refractivity contribution < 1.29 is 4.79 Å². The first kappa shape index (κ1) is 14.2. The van der Waals surface area contributed by atoms with Crippen LogP contribution < -0.4 is 10.6 Å². The molecule has 0 aromatic heterocycles. The fourth-order valence-corrected chi connectivity index (χ4v) is 3.63. The van der Waals surface area contributed by atoms with Gasteiger partial charge in [-0.1, -0.05) is 0 Å².